The molecule has 0 saturated carbocycles. The molecule has 0 aromatic heterocycles. The van der Waals surface area contributed by atoms with Gasteiger partial charge in [-0.15, -0.1) is 0 Å². The molecule has 3 unspecified atom stereocenters. The number of rotatable bonds is 79. The van der Waals surface area contributed by atoms with E-state index in [0.717, 1.165) is 114 Å². The lowest BCUT2D eigenvalue weighted by atomic mass is 9.99. The first-order valence-electron chi connectivity index (χ1n) is 42.2. The third-order valence-electron chi connectivity index (χ3n) is 19.4. The van der Waals surface area contributed by atoms with Crippen molar-refractivity contribution in [3.63, 3.8) is 0 Å². The maximum Gasteiger partial charge on any atom is 0.472 e. The Morgan fingerprint density at radius 2 is 0.475 bits per heavy atom. The SMILES string of the molecule is CCC(C)CCCCCCCCCCCCCCCCC(=O)O[C@H](COC(=O)CCCCCCCCCCCCCCCC(C)C)COP(=O)(O)OC[C@@H](O)COP(=O)(O)OC[C@@H](COC(=O)CCCCCCCCCCCC(C)C)OC(=O)CCCCCCCCCCCCCCC(C)C. The number of hydrogen-bond acceptors (Lipinski definition) is 15. The number of unbranched alkanes of at least 4 members (excludes halogenated alkanes) is 44. The smallest absolute Gasteiger partial charge is 0.462 e. The van der Waals surface area contributed by atoms with Crippen molar-refractivity contribution in [3.05, 3.63) is 0 Å². The summed E-state index contributed by atoms with van der Waals surface area (Å²) in [4.78, 5) is 73.1. The summed E-state index contributed by atoms with van der Waals surface area (Å²) < 4.78 is 68.8. The van der Waals surface area contributed by atoms with E-state index in [4.69, 9.17) is 37.0 Å². The lowest BCUT2D eigenvalue weighted by Crippen LogP contribution is -2.30. The molecule has 19 heteroatoms. The third kappa shape index (κ3) is 74.7. The first-order valence-corrected chi connectivity index (χ1v) is 45.2. The van der Waals surface area contributed by atoms with Crippen molar-refractivity contribution >= 4 is 39.5 Å². The number of carbonyl (C=O) groups is 4. The van der Waals surface area contributed by atoms with E-state index in [1.807, 2.05) is 0 Å². The van der Waals surface area contributed by atoms with Crippen LogP contribution in [0.15, 0.2) is 0 Å². The van der Waals surface area contributed by atoms with Gasteiger partial charge in [-0.3, -0.25) is 37.3 Å². The van der Waals surface area contributed by atoms with Gasteiger partial charge in [0.05, 0.1) is 26.4 Å². The molecule has 101 heavy (non-hydrogen) atoms. The summed E-state index contributed by atoms with van der Waals surface area (Å²) in [6.07, 6.45) is 58.1. The fourth-order valence-electron chi connectivity index (χ4n) is 12.6. The molecule has 0 aromatic rings. The molecule has 0 saturated heterocycles. The molecule has 6 atom stereocenters. The predicted molar refractivity (Wildman–Crippen MR) is 414 cm³/mol. The Morgan fingerprint density at radius 3 is 0.703 bits per heavy atom. The molecule has 0 aliphatic heterocycles. The number of ether oxygens (including phenoxy) is 4. The minimum Gasteiger partial charge on any atom is -0.462 e. The Hall–Kier alpha value is -1.94. The molecule has 0 bridgehead atoms. The Balaban J connectivity index is 5.27. The number of phosphoric ester groups is 2. The van der Waals surface area contributed by atoms with Crippen LogP contribution in [0, 0.1) is 23.7 Å². The van der Waals surface area contributed by atoms with Gasteiger partial charge in [0.15, 0.2) is 12.2 Å². The lowest BCUT2D eigenvalue weighted by Gasteiger charge is -2.21. The van der Waals surface area contributed by atoms with Crippen molar-refractivity contribution in [3.8, 4) is 0 Å². The summed E-state index contributed by atoms with van der Waals surface area (Å²) in [5.41, 5.74) is 0. The van der Waals surface area contributed by atoms with Crippen LogP contribution in [-0.4, -0.2) is 96.7 Å². The monoisotopic (exact) mass is 1480 g/mol. The van der Waals surface area contributed by atoms with E-state index in [1.165, 1.54) is 225 Å². The van der Waals surface area contributed by atoms with Gasteiger partial charge < -0.3 is 33.8 Å². The van der Waals surface area contributed by atoms with Gasteiger partial charge in [-0.05, 0) is 49.4 Å². The van der Waals surface area contributed by atoms with Crippen LogP contribution >= 0.6 is 15.6 Å². The molecule has 600 valence electrons. The van der Waals surface area contributed by atoms with Gasteiger partial charge in [0.1, 0.15) is 19.3 Å². The Kier molecular flexibility index (Phi) is 69.6. The number of hydrogen-bond donors (Lipinski definition) is 3. The second-order valence-electron chi connectivity index (χ2n) is 31.2. The van der Waals surface area contributed by atoms with Gasteiger partial charge in [-0.25, -0.2) is 9.13 Å². The molecule has 0 radical (unpaired) electrons. The highest BCUT2D eigenvalue weighted by atomic mass is 31.2. The van der Waals surface area contributed by atoms with Crippen LogP contribution < -0.4 is 0 Å². The zero-order valence-corrected chi connectivity index (χ0v) is 68.3. The van der Waals surface area contributed by atoms with Crippen molar-refractivity contribution in [2.75, 3.05) is 39.6 Å². The van der Waals surface area contributed by atoms with Gasteiger partial charge in [0.25, 0.3) is 0 Å². The average molecular weight is 1480 g/mol. The summed E-state index contributed by atoms with van der Waals surface area (Å²) in [6.45, 7) is 14.3. The van der Waals surface area contributed by atoms with Crippen LogP contribution in [0.2, 0.25) is 0 Å². The number of carbonyl (C=O) groups excluding carboxylic acids is 4. The summed E-state index contributed by atoms with van der Waals surface area (Å²) >= 11 is 0. The fourth-order valence-corrected chi connectivity index (χ4v) is 14.2. The molecular formula is C82H160O17P2. The van der Waals surface area contributed by atoms with Crippen LogP contribution in [0.5, 0.6) is 0 Å². The molecule has 0 fully saturated rings. The molecule has 0 amide bonds. The predicted octanol–water partition coefficient (Wildman–Crippen LogP) is 24.4. The van der Waals surface area contributed by atoms with E-state index in [1.54, 1.807) is 0 Å². The molecular weight excluding hydrogens is 1320 g/mol. The van der Waals surface area contributed by atoms with Crippen LogP contribution in [-0.2, 0) is 65.4 Å². The standard InChI is InChI=1S/C82H160O17P2/c1-9-75(8)61-53-45-37-29-21-14-10-11-15-23-31-40-48-56-64-81(86)98-77(68-92-79(84)62-54-46-38-30-22-16-12-13-19-26-34-42-50-58-72(2)3)70-96-100(88,89)94-66-76(83)67-95-101(90,91)97-71-78(69-93-80(85)63-55-47-39-33-25-28-36-44-52-60-74(6)7)99-82(87)65-57-49-41-32-24-18-17-20-27-35-43-51-59-73(4)5/h72-78,83H,9-71H2,1-8H3,(H,88,89)(H,90,91)/t75?,76-,77-,78-/m1/s1. The quantitative estimate of drug-likeness (QED) is 0.0222. The van der Waals surface area contributed by atoms with Gasteiger partial charge in [0.2, 0.25) is 0 Å². The van der Waals surface area contributed by atoms with Gasteiger partial charge in [-0.1, -0.05) is 370 Å². The van der Waals surface area contributed by atoms with Crippen molar-refractivity contribution in [2.45, 2.75) is 440 Å². The highest BCUT2D eigenvalue weighted by molar-refractivity contribution is 7.47. The van der Waals surface area contributed by atoms with E-state index in [-0.39, 0.29) is 25.7 Å². The molecule has 0 heterocycles. The first-order chi connectivity index (χ1) is 48.6. The van der Waals surface area contributed by atoms with Crippen molar-refractivity contribution in [2.24, 2.45) is 23.7 Å². The number of esters is 4. The van der Waals surface area contributed by atoms with E-state index in [0.29, 0.717) is 25.7 Å². The molecule has 17 nitrogen and oxygen atoms in total. The molecule has 3 N–H and O–H groups in total. The van der Waals surface area contributed by atoms with E-state index >= 15 is 0 Å². The van der Waals surface area contributed by atoms with Crippen molar-refractivity contribution < 1.29 is 80.2 Å². The second-order valence-corrected chi connectivity index (χ2v) is 34.1. The number of aliphatic hydroxyl groups excluding tert-OH is 1. The topological polar surface area (TPSA) is 237 Å². The number of aliphatic hydroxyl groups is 1. The van der Waals surface area contributed by atoms with Crippen LogP contribution in [0.1, 0.15) is 421 Å². The van der Waals surface area contributed by atoms with Gasteiger partial charge in [0, 0.05) is 25.7 Å². The number of phosphoric acid groups is 2. The summed E-state index contributed by atoms with van der Waals surface area (Å²) in [6, 6.07) is 0. The van der Waals surface area contributed by atoms with Crippen LogP contribution in [0.25, 0.3) is 0 Å². The maximum absolute atomic E-state index is 13.1. The van der Waals surface area contributed by atoms with Crippen LogP contribution in [0.3, 0.4) is 0 Å². The van der Waals surface area contributed by atoms with Gasteiger partial charge in [-0.2, -0.15) is 0 Å². The second kappa shape index (κ2) is 71.0. The van der Waals surface area contributed by atoms with Gasteiger partial charge >= 0.3 is 39.5 Å². The summed E-state index contributed by atoms with van der Waals surface area (Å²) in [5.74, 6) is 1.05. The van der Waals surface area contributed by atoms with E-state index in [9.17, 15) is 43.2 Å². The highest BCUT2D eigenvalue weighted by Crippen LogP contribution is 2.45. The molecule has 0 spiro atoms. The summed E-state index contributed by atoms with van der Waals surface area (Å²) in [7, 11) is -9.93. The van der Waals surface area contributed by atoms with Crippen LogP contribution in [0.4, 0.5) is 0 Å². The largest absolute Gasteiger partial charge is 0.472 e. The normalized spacial score (nSPS) is 14.3. The highest BCUT2D eigenvalue weighted by Gasteiger charge is 2.30. The Labute approximate surface area is 619 Å². The zero-order valence-electron chi connectivity index (χ0n) is 66.5. The third-order valence-corrected chi connectivity index (χ3v) is 21.3. The minimum absolute atomic E-state index is 0.106. The molecule has 0 aliphatic rings. The van der Waals surface area contributed by atoms with Crippen molar-refractivity contribution in [1.29, 1.82) is 0 Å². The molecule has 0 rings (SSSR count). The fraction of sp³-hybridized carbons (Fsp3) is 0.951. The summed E-state index contributed by atoms with van der Waals surface area (Å²) in [5, 5.41) is 10.7. The average Bonchev–Trinajstić information content (AvgIpc) is 0.938. The van der Waals surface area contributed by atoms with E-state index < -0.39 is 97.5 Å². The maximum atomic E-state index is 13.1. The first kappa shape index (κ1) is 99.1. The van der Waals surface area contributed by atoms with E-state index in [2.05, 4.69) is 55.4 Å². The molecule has 0 aromatic carbocycles. The minimum atomic E-state index is -4.96. The molecule has 0 aliphatic carbocycles. The Bertz CT molecular complexity index is 1970. The lowest BCUT2D eigenvalue weighted by molar-refractivity contribution is -0.161. The Morgan fingerprint density at radius 1 is 0.277 bits per heavy atom. The zero-order chi connectivity index (χ0) is 74.6. The van der Waals surface area contributed by atoms with Crippen molar-refractivity contribution in [1.82, 2.24) is 0 Å².